The highest BCUT2D eigenvalue weighted by atomic mass is 127. The van der Waals surface area contributed by atoms with Gasteiger partial charge in [-0.05, 0) is 31.4 Å². The summed E-state index contributed by atoms with van der Waals surface area (Å²) in [6.07, 6.45) is 3.61. The average molecular weight is 515 g/mol. The summed E-state index contributed by atoms with van der Waals surface area (Å²) in [6, 6.07) is 11.6. The molecule has 2 aliphatic rings. The Kier molecular flexibility index (Phi) is 11.3. The number of nitrogens with zero attached hydrogens (tertiary/aromatic N) is 3. The monoisotopic (exact) mass is 515 g/mol. The first-order valence-electron chi connectivity index (χ1n) is 10.9. The van der Waals surface area contributed by atoms with E-state index in [4.69, 9.17) is 4.74 Å². The van der Waals surface area contributed by atoms with Crippen molar-refractivity contribution >= 4 is 29.9 Å². The summed E-state index contributed by atoms with van der Waals surface area (Å²) in [7, 11) is 1.87. The number of hydrogen-bond donors (Lipinski definition) is 2. The van der Waals surface area contributed by atoms with Crippen molar-refractivity contribution in [3.8, 4) is 0 Å². The lowest BCUT2D eigenvalue weighted by atomic mass is 10.0. The number of likely N-dealkylation sites (tertiary alicyclic amines) is 1. The van der Waals surface area contributed by atoms with Crippen LogP contribution in [0.25, 0.3) is 0 Å². The van der Waals surface area contributed by atoms with E-state index in [9.17, 15) is 0 Å². The third-order valence-electron chi connectivity index (χ3n) is 5.83. The fourth-order valence-corrected chi connectivity index (χ4v) is 4.22. The number of guanidine groups is 1. The predicted octanol–water partition coefficient (Wildman–Crippen LogP) is 2.72. The van der Waals surface area contributed by atoms with Gasteiger partial charge in [0.15, 0.2) is 5.96 Å². The van der Waals surface area contributed by atoms with Crippen LogP contribution in [0, 0.1) is 0 Å². The molecule has 1 aromatic rings. The second-order valence-electron chi connectivity index (χ2n) is 7.79. The molecule has 0 radical (unpaired) electrons. The van der Waals surface area contributed by atoms with E-state index in [2.05, 4.69) is 62.7 Å². The largest absolute Gasteiger partial charge is 0.379 e. The van der Waals surface area contributed by atoms with Crippen molar-refractivity contribution in [1.29, 1.82) is 0 Å². The number of halogens is 1. The highest BCUT2D eigenvalue weighted by Crippen LogP contribution is 2.21. The Morgan fingerprint density at radius 1 is 1.14 bits per heavy atom. The standard InChI is InChI=1S/C22H37N5O.HI/c1-3-11-26-12-9-20(10-13-26)25-22(23-2)24-18-21(19-7-5-4-6-8-19)27-14-16-28-17-15-27;/h4-8,20-21H,3,9-18H2,1-2H3,(H2,23,24,25);1H. The molecule has 6 nitrogen and oxygen atoms in total. The van der Waals surface area contributed by atoms with Gasteiger partial charge in [0.1, 0.15) is 0 Å². The minimum atomic E-state index is 0. The average Bonchev–Trinajstić information content (AvgIpc) is 2.76. The van der Waals surface area contributed by atoms with E-state index in [1.807, 2.05) is 7.05 Å². The van der Waals surface area contributed by atoms with Crippen LogP contribution in [0.1, 0.15) is 37.8 Å². The third kappa shape index (κ3) is 7.70. The van der Waals surface area contributed by atoms with Crippen LogP contribution >= 0.6 is 24.0 Å². The van der Waals surface area contributed by atoms with Gasteiger partial charge in [-0.25, -0.2) is 0 Å². The summed E-state index contributed by atoms with van der Waals surface area (Å²) in [6.45, 7) is 10.3. The molecule has 2 heterocycles. The number of aliphatic imine (C=N–C) groups is 1. The fourth-order valence-electron chi connectivity index (χ4n) is 4.22. The molecule has 0 aliphatic carbocycles. The van der Waals surface area contributed by atoms with E-state index < -0.39 is 0 Å². The summed E-state index contributed by atoms with van der Waals surface area (Å²) in [5.41, 5.74) is 1.35. The van der Waals surface area contributed by atoms with Crippen molar-refractivity contribution in [2.75, 3.05) is 59.5 Å². The van der Waals surface area contributed by atoms with Crippen molar-refractivity contribution in [2.24, 2.45) is 4.99 Å². The normalized spacial score (nSPS) is 20.7. The second-order valence-corrected chi connectivity index (χ2v) is 7.79. The maximum absolute atomic E-state index is 5.56. The zero-order valence-corrected chi connectivity index (χ0v) is 20.3. The Balaban J connectivity index is 0.00000300. The third-order valence-corrected chi connectivity index (χ3v) is 5.83. The lowest BCUT2D eigenvalue weighted by Gasteiger charge is -2.36. The van der Waals surface area contributed by atoms with Crippen molar-refractivity contribution in [3.63, 3.8) is 0 Å². The Morgan fingerprint density at radius 3 is 2.45 bits per heavy atom. The van der Waals surface area contributed by atoms with Gasteiger partial charge in [0.05, 0.1) is 19.3 Å². The number of nitrogens with one attached hydrogen (secondary N) is 2. The Bertz CT molecular complexity index is 586. The minimum absolute atomic E-state index is 0. The van der Waals surface area contributed by atoms with Gasteiger partial charge in [-0.15, -0.1) is 24.0 Å². The molecule has 7 heteroatoms. The zero-order chi connectivity index (χ0) is 19.6. The molecule has 0 amide bonds. The molecule has 3 rings (SSSR count). The van der Waals surface area contributed by atoms with Crippen LogP contribution in [-0.2, 0) is 4.74 Å². The van der Waals surface area contributed by atoms with Crippen LogP contribution < -0.4 is 10.6 Å². The van der Waals surface area contributed by atoms with Crippen LogP contribution in [-0.4, -0.2) is 81.3 Å². The maximum Gasteiger partial charge on any atom is 0.191 e. The number of hydrogen-bond acceptors (Lipinski definition) is 4. The molecule has 1 aromatic carbocycles. The van der Waals surface area contributed by atoms with Crippen LogP contribution in [0.4, 0.5) is 0 Å². The molecular weight excluding hydrogens is 477 g/mol. The van der Waals surface area contributed by atoms with Crippen LogP contribution in [0.5, 0.6) is 0 Å². The Labute approximate surface area is 193 Å². The molecule has 0 bridgehead atoms. The highest BCUT2D eigenvalue weighted by molar-refractivity contribution is 14.0. The maximum atomic E-state index is 5.56. The number of piperidine rings is 1. The summed E-state index contributed by atoms with van der Waals surface area (Å²) in [5, 5.41) is 7.24. The van der Waals surface area contributed by atoms with Gasteiger partial charge < -0.3 is 20.3 Å². The lowest BCUT2D eigenvalue weighted by Crippen LogP contribution is -2.51. The van der Waals surface area contributed by atoms with Crippen LogP contribution in [0.3, 0.4) is 0 Å². The molecule has 1 unspecified atom stereocenters. The lowest BCUT2D eigenvalue weighted by molar-refractivity contribution is 0.0170. The Hall–Kier alpha value is -0.900. The zero-order valence-electron chi connectivity index (χ0n) is 18.0. The first-order chi connectivity index (χ1) is 13.8. The molecule has 0 aromatic heterocycles. The van der Waals surface area contributed by atoms with Crippen LogP contribution in [0.2, 0.25) is 0 Å². The van der Waals surface area contributed by atoms with Crippen molar-refractivity contribution in [2.45, 2.75) is 38.3 Å². The van der Waals surface area contributed by atoms with E-state index in [-0.39, 0.29) is 24.0 Å². The van der Waals surface area contributed by atoms with Gasteiger partial charge in [-0.3, -0.25) is 9.89 Å². The van der Waals surface area contributed by atoms with Gasteiger partial charge in [0.25, 0.3) is 0 Å². The predicted molar refractivity (Wildman–Crippen MR) is 131 cm³/mol. The second kappa shape index (κ2) is 13.4. The van der Waals surface area contributed by atoms with E-state index >= 15 is 0 Å². The van der Waals surface area contributed by atoms with Crippen LogP contribution in [0.15, 0.2) is 35.3 Å². The molecule has 2 saturated heterocycles. The number of rotatable bonds is 7. The number of ether oxygens (including phenoxy) is 1. The molecule has 29 heavy (non-hydrogen) atoms. The molecule has 164 valence electrons. The molecular formula is C22H38IN5O. The van der Waals surface area contributed by atoms with E-state index in [0.29, 0.717) is 12.1 Å². The molecule has 2 aliphatic heterocycles. The number of morpholine rings is 1. The first-order valence-corrected chi connectivity index (χ1v) is 10.9. The van der Waals surface area contributed by atoms with Gasteiger partial charge in [-0.1, -0.05) is 37.3 Å². The van der Waals surface area contributed by atoms with Gasteiger partial charge in [0.2, 0.25) is 0 Å². The van der Waals surface area contributed by atoms with E-state index in [1.165, 1.54) is 44.5 Å². The van der Waals surface area contributed by atoms with Crippen molar-refractivity contribution in [1.82, 2.24) is 20.4 Å². The quantitative estimate of drug-likeness (QED) is 0.333. The summed E-state index contributed by atoms with van der Waals surface area (Å²) >= 11 is 0. The summed E-state index contributed by atoms with van der Waals surface area (Å²) in [5.74, 6) is 0.920. The Morgan fingerprint density at radius 2 is 1.83 bits per heavy atom. The van der Waals surface area contributed by atoms with E-state index in [0.717, 1.165) is 38.8 Å². The van der Waals surface area contributed by atoms with Crippen molar-refractivity contribution < 1.29 is 4.74 Å². The van der Waals surface area contributed by atoms with Gasteiger partial charge >= 0.3 is 0 Å². The van der Waals surface area contributed by atoms with Crippen molar-refractivity contribution in [3.05, 3.63) is 35.9 Å². The minimum Gasteiger partial charge on any atom is -0.379 e. The number of benzene rings is 1. The first kappa shape index (κ1) is 24.4. The molecule has 2 N–H and O–H groups in total. The SMILES string of the molecule is CCCN1CCC(NC(=NC)NCC(c2ccccc2)N2CCOCC2)CC1.I. The topological polar surface area (TPSA) is 52.1 Å². The molecule has 0 saturated carbocycles. The fraction of sp³-hybridized carbons (Fsp3) is 0.682. The highest BCUT2D eigenvalue weighted by Gasteiger charge is 2.24. The van der Waals surface area contributed by atoms with E-state index in [1.54, 1.807) is 0 Å². The smallest absolute Gasteiger partial charge is 0.191 e. The van der Waals surface area contributed by atoms with Gasteiger partial charge in [0, 0.05) is 45.8 Å². The molecule has 0 spiro atoms. The molecule has 1 atom stereocenters. The summed E-state index contributed by atoms with van der Waals surface area (Å²) < 4.78 is 5.56. The summed E-state index contributed by atoms with van der Waals surface area (Å²) in [4.78, 5) is 9.57. The molecule has 2 fully saturated rings. The van der Waals surface area contributed by atoms with Gasteiger partial charge in [-0.2, -0.15) is 0 Å².